The maximum Gasteiger partial charge on any atom is 0.450 e. The van der Waals surface area contributed by atoms with E-state index in [0.717, 1.165) is 23.5 Å². The van der Waals surface area contributed by atoms with Gasteiger partial charge in [-0.3, -0.25) is 9.59 Å². The smallest absolute Gasteiger partial charge is 0.450 e. The second-order valence-corrected chi connectivity index (χ2v) is 8.18. The lowest BCUT2D eigenvalue weighted by Gasteiger charge is -2.32. The summed E-state index contributed by atoms with van der Waals surface area (Å²) in [4.78, 5) is 23.9. The van der Waals surface area contributed by atoms with E-state index in [1.807, 2.05) is 6.92 Å². The molecule has 1 aromatic heterocycles. The third-order valence-corrected chi connectivity index (χ3v) is 6.61. The van der Waals surface area contributed by atoms with Gasteiger partial charge in [0.05, 0.1) is 13.2 Å². The van der Waals surface area contributed by atoms with Crippen LogP contribution in [0.1, 0.15) is 11.9 Å². The monoisotopic (exact) mass is 422 g/mol. The Morgan fingerprint density at radius 3 is 2.29 bits per heavy atom. The molecule has 11 heteroatoms. The first-order valence-corrected chi connectivity index (χ1v) is 10.3. The number of quaternary nitrogens is 1. The second-order valence-electron chi connectivity index (χ2n) is 5.70. The van der Waals surface area contributed by atoms with Gasteiger partial charge in [0.2, 0.25) is 17.3 Å². The minimum atomic E-state index is -5.02. The van der Waals surface area contributed by atoms with Crippen molar-refractivity contribution in [3.8, 4) is 0 Å². The molecule has 0 saturated carbocycles. The van der Waals surface area contributed by atoms with Gasteiger partial charge in [0.25, 0.3) is 0 Å². The number of benzene rings is 1. The van der Waals surface area contributed by atoms with Crippen LogP contribution in [0.25, 0.3) is 0 Å². The molecule has 0 bridgehead atoms. The second kappa shape index (κ2) is 7.36. The molecule has 2 aromatic rings. The van der Waals surface area contributed by atoms with Gasteiger partial charge in [-0.25, -0.2) is 4.55 Å². The fourth-order valence-electron chi connectivity index (χ4n) is 2.80. The molecule has 0 radical (unpaired) electrons. The Bertz CT molecular complexity index is 1100. The molecule has 0 fully saturated rings. The van der Waals surface area contributed by atoms with Crippen molar-refractivity contribution in [3.05, 3.63) is 58.9 Å². The number of rotatable bonds is 6. The predicted octanol–water partition coefficient (Wildman–Crippen LogP) is 2.11. The first kappa shape index (κ1) is 20.0. The van der Waals surface area contributed by atoms with Crippen LogP contribution in [0.5, 0.6) is 0 Å². The molecule has 1 atom stereocenters. The number of methoxy groups -OCH3 is 1. The lowest BCUT2D eigenvalue weighted by molar-refractivity contribution is -0.131. The van der Waals surface area contributed by atoms with Crippen molar-refractivity contribution in [2.24, 2.45) is 0 Å². The SMILES string of the molecule is CCc1nnc([N+](C2=CC(=O)C(=O)C=C2OC)(c2ccccc2)S(=O)(=O)O)s1. The summed E-state index contributed by atoms with van der Waals surface area (Å²) in [6.07, 6.45) is 2.22. The molecule has 3 rings (SSSR count). The topological polar surface area (TPSA) is 124 Å². The normalized spacial score (nSPS) is 17.0. The van der Waals surface area contributed by atoms with E-state index in [1.54, 1.807) is 18.2 Å². The summed E-state index contributed by atoms with van der Waals surface area (Å²) in [7, 11) is -3.79. The Hall–Kier alpha value is -2.73. The number of ether oxygens (including phenoxy) is 1. The number of hydrogen-bond donors (Lipinski definition) is 1. The highest BCUT2D eigenvalue weighted by molar-refractivity contribution is 7.86. The van der Waals surface area contributed by atoms with E-state index in [-0.39, 0.29) is 22.3 Å². The molecule has 9 nitrogen and oxygen atoms in total. The number of aryl methyl sites for hydroxylation is 1. The zero-order valence-electron chi connectivity index (χ0n) is 14.9. The molecule has 0 aliphatic heterocycles. The highest BCUT2D eigenvalue weighted by atomic mass is 32.2. The Kier molecular flexibility index (Phi) is 5.26. The van der Waals surface area contributed by atoms with Crippen LogP contribution >= 0.6 is 11.3 Å². The zero-order valence-corrected chi connectivity index (χ0v) is 16.5. The molecule has 1 aromatic carbocycles. The quantitative estimate of drug-likeness (QED) is 0.325. The van der Waals surface area contributed by atoms with Crippen molar-refractivity contribution in [1.29, 1.82) is 0 Å². The molecule has 1 heterocycles. The Labute approximate surface area is 165 Å². The van der Waals surface area contributed by atoms with E-state index in [9.17, 15) is 22.6 Å². The Balaban J connectivity index is 2.47. The van der Waals surface area contributed by atoms with Crippen LogP contribution in [0.15, 0.2) is 53.9 Å². The van der Waals surface area contributed by atoms with Crippen molar-refractivity contribution in [2.75, 3.05) is 7.11 Å². The molecular formula is C17H16N3O6S2+. The number of allylic oxidation sites excluding steroid dienone is 2. The molecule has 1 aliphatic carbocycles. The standard InChI is InChI=1S/C17H15N3O6S2/c1-3-16-18-19-17(27-16)20(28(23,24)25,11-7-5-4-6-8-11)12-9-13(21)14(22)10-15(12)26-2/h4-10H,3H2,1-2H3/p+1. The highest BCUT2D eigenvalue weighted by Crippen LogP contribution is 2.47. The van der Waals surface area contributed by atoms with Gasteiger partial charge in [-0.2, -0.15) is 0 Å². The van der Waals surface area contributed by atoms with Gasteiger partial charge in [0, 0.05) is 18.2 Å². The number of hydrogen-bond acceptors (Lipinski definition) is 8. The van der Waals surface area contributed by atoms with E-state index in [4.69, 9.17) is 4.74 Å². The zero-order chi connectivity index (χ0) is 20.5. The van der Waals surface area contributed by atoms with Gasteiger partial charge < -0.3 is 4.74 Å². The van der Waals surface area contributed by atoms with E-state index < -0.39 is 25.8 Å². The maximum atomic E-state index is 12.8. The number of carbonyl (C=O) groups excluding carboxylic acids is 2. The molecule has 0 spiro atoms. The number of aromatic nitrogens is 2. The van der Waals surface area contributed by atoms with Crippen molar-refractivity contribution < 1.29 is 27.3 Å². The summed E-state index contributed by atoms with van der Waals surface area (Å²) in [6, 6.07) is 7.71. The summed E-state index contributed by atoms with van der Waals surface area (Å²) in [5.41, 5.74) is -0.195. The van der Waals surface area contributed by atoms with Gasteiger partial charge in [-0.1, -0.05) is 34.1 Å². The van der Waals surface area contributed by atoms with E-state index >= 15 is 0 Å². The summed E-state index contributed by atoms with van der Waals surface area (Å²) in [5.74, 6) is -1.99. The number of nitrogens with zero attached hydrogens (tertiary/aromatic N) is 3. The van der Waals surface area contributed by atoms with Crippen LogP contribution in [-0.2, 0) is 31.1 Å². The third kappa shape index (κ3) is 3.07. The van der Waals surface area contributed by atoms with Crippen molar-refractivity contribution in [1.82, 2.24) is 14.1 Å². The van der Waals surface area contributed by atoms with Crippen LogP contribution in [0.2, 0.25) is 0 Å². The van der Waals surface area contributed by atoms with Crippen molar-refractivity contribution >= 4 is 44.0 Å². The highest BCUT2D eigenvalue weighted by Gasteiger charge is 2.56. The van der Waals surface area contributed by atoms with Crippen molar-refractivity contribution in [3.63, 3.8) is 0 Å². The lowest BCUT2D eigenvalue weighted by Crippen LogP contribution is -2.50. The summed E-state index contributed by atoms with van der Waals surface area (Å²) in [5, 5.41) is 8.33. The van der Waals surface area contributed by atoms with Gasteiger partial charge >= 0.3 is 15.4 Å². The minimum absolute atomic E-state index is 0.0696. The van der Waals surface area contributed by atoms with Crippen LogP contribution < -0.4 is 3.89 Å². The van der Waals surface area contributed by atoms with Gasteiger partial charge in [-0.15, -0.1) is 13.5 Å². The Morgan fingerprint density at radius 2 is 1.75 bits per heavy atom. The Morgan fingerprint density at radius 1 is 1.11 bits per heavy atom. The van der Waals surface area contributed by atoms with Crippen LogP contribution in [0, 0.1) is 0 Å². The van der Waals surface area contributed by atoms with Crippen LogP contribution in [-0.4, -0.2) is 41.8 Å². The molecule has 0 amide bonds. The number of para-hydroxylation sites is 1. The average molecular weight is 422 g/mol. The first-order valence-electron chi connectivity index (χ1n) is 8.07. The molecule has 146 valence electrons. The molecule has 0 saturated heterocycles. The van der Waals surface area contributed by atoms with Gasteiger partial charge in [-0.05, 0) is 17.8 Å². The summed E-state index contributed by atoms with van der Waals surface area (Å²) < 4.78 is 39.9. The lowest BCUT2D eigenvalue weighted by atomic mass is 10.1. The van der Waals surface area contributed by atoms with E-state index in [1.165, 1.54) is 19.2 Å². The molecule has 28 heavy (non-hydrogen) atoms. The number of ketones is 2. The summed E-state index contributed by atoms with van der Waals surface area (Å²) >= 11 is 0.961. The van der Waals surface area contributed by atoms with Gasteiger partial charge in [0.1, 0.15) is 5.01 Å². The molecular weight excluding hydrogens is 406 g/mol. The predicted molar refractivity (Wildman–Crippen MR) is 102 cm³/mol. The maximum absolute atomic E-state index is 12.8. The average Bonchev–Trinajstić information content (AvgIpc) is 3.14. The fourth-order valence-corrected chi connectivity index (χ4v) is 5.06. The molecule has 1 N–H and O–H groups in total. The van der Waals surface area contributed by atoms with Crippen molar-refractivity contribution in [2.45, 2.75) is 13.3 Å². The number of carbonyl (C=O) groups is 2. The molecule has 1 aliphatic rings. The largest absolute Gasteiger partial charge is 0.491 e. The van der Waals surface area contributed by atoms with E-state index in [0.29, 0.717) is 11.4 Å². The fraction of sp³-hybridized carbons (Fsp3) is 0.176. The molecule has 1 unspecified atom stereocenters. The summed E-state index contributed by atoms with van der Waals surface area (Å²) in [6.45, 7) is 1.82. The van der Waals surface area contributed by atoms with Crippen LogP contribution in [0.4, 0.5) is 10.8 Å². The van der Waals surface area contributed by atoms with Crippen LogP contribution in [0.3, 0.4) is 0 Å². The first-order chi connectivity index (χ1) is 13.3. The third-order valence-electron chi connectivity index (χ3n) is 4.08. The van der Waals surface area contributed by atoms with Gasteiger partial charge in [0.15, 0.2) is 11.4 Å². The minimum Gasteiger partial charge on any atom is -0.491 e. The van der Waals surface area contributed by atoms with E-state index in [2.05, 4.69) is 10.2 Å².